The summed E-state index contributed by atoms with van der Waals surface area (Å²) in [6.45, 7) is 1.12. The highest BCUT2D eigenvalue weighted by Gasteiger charge is 2.53. The molecule has 2 nitrogen and oxygen atoms in total. The van der Waals surface area contributed by atoms with Crippen LogP contribution in [-0.2, 0) is 11.8 Å². The molecule has 2 bridgehead atoms. The van der Waals surface area contributed by atoms with Gasteiger partial charge in [-0.05, 0) is 48.4 Å². The SMILES string of the molecule is Oc1ccc2c(c1)C13CCCCC1C(C2)NC3. The van der Waals surface area contributed by atoms with Gasteiger partial charge in [0.25, 0.3) is 0 Å². The van der Waals surface area contributed by atoms with Gasteiger partial charge in [-0.3, -0.25) is 0 Å². The van der Waals surface area contributed by atoms with Gasteiger partial charge in [0.2, 0.25) is 0 Å². The largest absolute Gasteiger partial charge is 0.508 e. The number of hydrogen-bond acceptors (Lipinski definition) is 2. The van der Waals surface area contributed by atoms with Crippen molar-refractivity contribution in [3.05, 3.63) is 29.3 Å². The summed E-state index contributed by atoms with van der Waals surface area (Å²) < 4.78 is 0. The van der Waals surface area contributed by atoms with E-state index in [1.54, 1.807) is 0 Å². The van der Waals surface area contributed by atoms with Crippen LogP contribution in [0.4, 0.5) is 0 Å². The normalized spacial score (nSPS) is 38.6. The minimum atomic E-state index is 0.342. The van der Waals surface area contributed by atoms with E-state index in [-0.39, 0.29) is 0 Å². The van der Waals surface area contributed by atoms with Gasteiger partial charge in [0.05, 0.1) is 0 Å². The minimum absolute atomic E-state index is 0.342. The molecule has 3 atom stereocenters. The van der Waals surface area contributed by atoms with E-state index in [1.807, 2.05) is 12.1 Å². The van der Waals surface area contributed by atoms with Gasteiger partial charge in [-0.25, -0.2) is 0 Å². The average Bonchev–Trinajstić information content (AvgIpc) is 2.65. The maximum atomic E-state index is 9.78. The zero-order valence-corrected chi connectivity index (χ0v) is 10.1. The Kier molecular flexibility index (Phi) is 1.91. The highest BCUT2D eigenvalue weighted by molar-refractivity contribution is 5.46. The number of aromatic hydroxyl groups is 1. The molecule has 0 spiro atoms. The molecule has 1 saturated heterocycles. The van der Waals surface area contributed by atoms with Crippen molar-refractivity contribution in [2.24, 2.45) is 5.92 Å². The van der Waals surface area contributed by atoms with E-state index >= 15 is 0 Å². The Bertz CT molecular complexity index is 470. The zero-order chi connectivity index (χ0) is 11.5. The average molecular weight is 229 g/mol. The van der Waals surface area contributed by atoms with Gasteiger partial charge in [-0.15, -0.1) is 0 Å². The Hall–Kier alpha value is -1.02. The zero-order valence-electron chi connectivity index (χ0n) is 10.1. The van der Waals surface area contributed by atoms with Crippen LogP contribution in [0.1, 0.15) is 36.8 Å². The highest BCUT2D eigenvalue weighted by Crippen LogP contribution is 2.53. The predicted octanol–water partition coefficient (Wildman–Crippen LogP) is 2.35. The molecule has 2 N–H and O–H groups in total. The Morgan fingerprint density at radius 1 is 1.29 bits per heavy atom. The summed E-state index contributed by atoms with van der Waals surface area (Å²) in [7, 11) is 0. The molecule has 1 heterocycles. The predicted molar refractivity (Wildman–Crippen MR) is 67.2 cm³/mol. The number of phenols is 1. The summed E-state index contributed by atoms with van der Waals surface area (Å²) in [4.78, 5) is 0. The van der Waals surface area contributed by atoms with E-state index < -0.39 is 0 Å². The molecular formula is C15H19NO. The molecule has 3 aliphatic rings. The topological polar surface area (TPSA) is 32.3 Å². The molecule has 0 aromatic heterocycles. The van der Waals surface area contributed by atoms with Gasteiger partial charge >= 0.3 is 0 Å². The quantitative estimate of drug-likeness (QED) is 0.715. The van der Waals surface area contributed by atoms with Crippen LogP contribution in [0.25, 0.3) is 0 Å². The summed E-state index contributed by atoms with van der Waals surface area (Å²) >= 11 is 0. The van der Waals surface area contributed by atoms with E-state index in [0.717, 1.165) is 18.9 Å². The van der Waals surface area contributed by atoms with E-state index in [4.69, 9.17) is 0 Å². The molecule has 17 heavy (non-hydrogen) atoms. The van der Waals surface area contributed by atoms with Gasteiger partial charge in [-0.1, -0.05) is 18.9 Å². The van der Waals surface area contributed by atoms with Crippen LogP contribution in [-0.4, -0.2) is 17.7 Å². The molecule has 1 saturated carbocycles. The number of hydrogen-bond donors (Lipinski definition) is 2. The number of fused-ring (bicyclic) bond motifs is 1. The number of benzene rings is 1. The Morgan fingerprint density at radius 3 is 3.18 bits per heavy atom. The molecule has 2 aliphatic carbocycles. The van der Waals surface area contributed by atoms with Crippen LogP contribution in [0.5, 0.6) is 5.75 Å². The second-order valence-corrected chi connectivity index (χ2v) is 6.04. The lowest BCUT2D eigenvalue weighted by Crippen LogP contribution is -2.43. The first-order valence-corrected chi connectivity index (χ1v) is 6.85. The van der Waals surface area contributed by atoms with E-state index in [2.05, 4.69) is 11.4 Å². The third kappa shape index (κ3) is 1.19. The smallest absolute Gasteiger partial charge is 0.115 e. The van der Waals surface area contributed by atoms with E-state index in [9.17, 15) is 5.11 Å². The molecule has 90 valence electrons. The first-order valence-electron chi connectivity index (χ1n) is 6.85. The van der Waals surface area contributed by atoms with Crippen molar-refractivity contribution in [2.75, 3.05) is 6.54 Å². The van der Waals surface area contributed by atoms with Crippen LogP contribution >= 0.6 is 0 Å². The van der Waals surface area contributed by atoms with E-state index in [1.165, 1.54) is 36.8 Å². The van der Waals surface area contributed by atoms with Crippen LogP contribution in [0.2, 0.25) is 0 Å². The molecule has 0 amide bonds. The molecule has 0 radical (unpaired) electrons. The summed E-state index contributed by atoms with van der Waals surface area (Å²) in [5.41, 5.74) is 3.26. The molecule has 4 rings (SSSR count). The fourth-order valence-electron chi connectivity index (χ4n) is 4.61. The Labute approximate surface area is 102 Å². The molecule has 3 unspecified atom stereocenters. The summed E-state index contributed by atoms with van der Waals surface area (Å²) in [6.07, 6.45) is 6.56. The third-order valence-electron chi connectivity index (χ3n) is 5.33. The van der Waals surface area contributed by atoms with Gasteiger partial charge in [0.1, 0.15) is 5.75 Å². The highest BCUT2D eigenvalue weighted by atomic mass is 16.3. The second kappa shape index (κ2) is 3.26. The lowest BCUT2D eigenvalue weighted by atomic mass is 9.58. The number of nitrogens with one attached hydrogen (secondary N) is 1. The van der Waals surface area contributed by atoms with Crippen LogP contribution in [0.15, 0.2) is 18.2 Å². The Morgan fingerprint density at radius 2 is 2.24 bits per heavy atom. The van der Waals surface area contributed by atoms with Crippen LogP contribution in [0.3, 0.4) is 0 Å². The van der Waals surface area contributed by atoms with Gasteiger partial charge in [0, 0.05) is 18.0 Å². The lowest BCUT2D eigenvalue weighted by Gasteiger charge is -2.45. The summed E-state index contributed by atoms with van der Waals surface area (Å²) in [5, 5.41) is 13.5. The number of phenolic OH excluding ortho intramolecular Hbond substituents is 1. The second-order valence-electron chi connectivity index (χ2n) is 6.04. The Balaban J connectivity index is 1.92. The molecule has 2 fully saturated rings. The number of rotatable bonds is 0. The van der Waals surface area contributed by atoms with Gasteiger partial charge in [0.15, 0.2) is 0 Å². The van der Waals surface area contributed by atoms with Crippen molar-refractivity contribution >= 4 is 0 Å². The molecule has 2 heteroatoms. The van der Waals surface area contributed by atoms with Crippen molar-refractivity contribution in [3.63, 3.8) is 0 Å². The fraction of sp³-hybridized carbons (Fsp3) is 0.600. The first kappa shape index (κ1) is 9.95. The van der Waals surface area contributed by atoms with Crippen molar-refractivity contribution in [1.29, 1.82) is 0 Å². The van der Waals surface area contributed by atoms with Crippen molar-refractivity contribution in [2.45, 2.75) is 43.6 Å². The van der Waals surface area contributed by atoms with Gasteiger partial charge in [-0.2, -0.15) is 0 Å². The standard InChI is InChI=1S/C15H19NO/c17-11-5-4-10-7-14-12-3-1-2-6-15(12,9-16-14)13(10)8-11/h4-5,8,12,14,16-17H,1-3,6-7,9H2. The monoisotopic (exact) mass is 229 g/mol. The van der Waals surface area contributed by atoms with Crippen LogP contribution in [0, 0.1) is 5.92 Å². The van der Waals surface area contributed by atoms with E-state index in [0.29, 0.717) is 17.2 Å². The van der Waals surface area contributed by atoms with Gasteiger partial charge < -0.3 is 10.4 Å². The maximum Gasteiger partial charge on any atom is 0.115 e. The van der Waals surface area contributed by atoms with Crippen molar-refractivity contribution in [1.82, 2.24) is 5.32 Å². The third-order valence-corrected chi connectivity index (χ3v) is 5.33. The van der Waals surface area contributed by atoms with Crippen molar-refractivity contribution in [3.8, 4) is 5.75 Å². The molecule has 1 aliphatic heterocycles. The molecular weight excluding hydrogens is 210 g/mol. The van der Waals surface area contributed by atoms with Crippen LogP contribution < -0.4 is 5.32 Å². The van der Waals surface area contributed by atoms with Crippen molar-refractivity contribution < 1.29 is 5.11 Å². The molecule has 1 aromatic rings. The first-order chi connectivity index (χ1) is 8.29. The molecule has 1 aromatic carbocycles. The maximum absolute atomic E-state index is 9.78. The minimum Gasteiger partial charge on any atom is -0.508 e. The fourth-order valence-corrected chi connectivity index (χ4v) is 4.61. The summed E-state index contributed by atoms with van der Waals surface area (Å²) in [5.74, 6) is 1.25. The summed E-state index contributed by atoms with van der Waals surface area (Å²) in [6, 6.07) is 6.71. The lowest BCUT2D eigenvalue weighted by molar-refractivity contribution is 0.201.